The number of carboxylic acids is 1. The average molecular weight is 455 g/mol. The van der Waals surface area contributed by atoms with Crippen molar-refractivity contribution in [1.29, 1.82) is 0 Å². The molecule has 0 saturated carbocycles. The number of alkyl halides is 2. The van der Waals surface area contributed by atoms with Crippen molar-refractivity contribution in [2.75, 3.05) is 11.8 Å². The molecule has 24 heavy (non-hydrogen) atoms. The van der Waals surface area contributed by atoms with Crippen molar-refractivity contribution in [2.45, 2.75) is 0 Å². The third-order valence-corrected chi connectivity index (χ3v) is 4.19. The van der Waals surface area contributed by atoms with Gasteiger partial charge in [0.25, 0.3) is 0 Å². The van der Waals surface area contributed by atoms with Gasteiger partial charge >= 0.3 is 5.97 Å². The van der Waals surface area contributed by atoms with Crippen LogP contribution in [-0.4, -0.2) is 29.1 Å². The summed E-state index contributed by atoms with van der Waals surface area (Å²) in [6.07, 6.45) is 0.674. The number of halogens is 4. The van der Waals surface area contributed by atoms with Crippen molar-refractivity contribution < 1.29 is 19.4 Å². The first kappa shape index (κ1) is 20.8. The van der Waals surface area contributed by atoms with Crippen molar-refractivity contribution in [3.05, 3.63) is 57.0 Å². The predicted octanol–water partition coefficient (Wildman–Crippen LogP) is 5.87. The molecular formula is C16H12BrCl3O4. The van der Waals surface area contributed by atoms with Crippen molar-refractivity contribution in [2.24, 2.45) is 0 Å². The Morgan fingerprint density at radius 3 is 2.42 bits per heavy atom. The van der Waals surface area contributed by atoms with Crippen LogP contribution in [-0.2, 0) is 0 Å². The van der Waals surface area contributed by atoms with Gasteiger partial charge in [-0.05, 0) is 30.3 Å². The van der Waals surface area contributed by atoms with E-state index < -0.39 is 5.97 Å². The molecule has 128 valence electrons. The molecule has 0 spiro atoms. The number of hydrogen-bond donors (Lipinski definition) is 1. The Morgan fingerprint density at radius 1 is 1.21 bits per heavy atom. The zero-order chi connectivity index (χ0) is 18.1. The van der Waals surface area contributed by atoms with E-state index in [1.807, 2.05) is 0 Å². The van der Waals surface area contributed by atoms with Crippen LogP contribution >= 0.6 is 50.7 Å². The maximum absolute atomic E-state index is 11.2. The Labute approximate surface area is 162 Å². The molecular weight excluding hydrogens is 442 g/mol. The number of carbonyl (C=O) groups excluding carboxylic acids is 1. The van der Waals surface area contributed by atoms with E-state index in [4.69, 9.17) is 44.6 Å². The standard InChI is InChI=1S/C14H8BrClO4.C2H4Cl2/c15-10-5-4-9(6-8(10)7-17)20-12-3-1-2-11(16)13(12)14(18)19;3-1-2-4/h1-7H,(H,18,19);1-2H2. The summed E-state index contributed by atoms with van der Waals surface area (Å²) in [6.45, 7) is 0. The Balaban J connectivity index is 0.000000648. The molecule has 0 heterocycles. The molecule has 0 aliphatic rings. The summed E-state index contributed by atoms with van der Waals surface area (Å²) in [6, 6.07) is 9.31. The molecule has 2 rings (SSSR count). The number of aromatic carboxylic acids is 1. The fourth-order valence-electron chi connectivity index (χ4n) is 1.60. The molecule has 0 radical (unpaired) electrons. The second-order valence-corrected chi connectivity index (χ2v) is 6.22. The van der Waals surface area contributed by atoms with Crippen molar-refractivity contribution in [1.82, 2.24) is 0 Å². The van der Waals surface area contributed by atoms with Crippen molar-refractivity contribution in [3.63, 3.8) is 0 Å². The normalized spacial score (nSPS) is 9.67. The lowest BCUT2D eigenvalue weighted by Gasteiger charge is -2.10. The zero-order valence-corrected chi connectivity index (χ0v) is 16.0. The molecule has 0 aromatic heterocycles. The largest absolute Gasteiger partial charge is 0.478 e. The average Bonchev–Trinajstić information content (AvgIpc) is 2.56. The van der Waals surface area contributed by atoms with Gasteiger partial charge in [-0.15, -0.1) is 23.2 Å². The molecule has 0 amide bonds. The summed E-state index contributed by atoms with van der Waals surface area (Å²) in [7, 11) is 0. The van der Waals surface area contributed by atoms with Crippen LogP contribution < -0.4 is 4.74 Å². The van der Waals surface area contributed by atoms with Gasteiger partial charge in [-0.3, -0.25) is 4.79 Å². The predicted molar refractivity (Wildman–Crippen MR) is 99.5 cm³/mol. The quantitative estimate of drug-likeness (QED) is 0.453. The van der Waals surface area contributed by atoms with Gasteiger partial charge in [-0.2, -0.15) is 0 Å². The second-order valence-electron chi connectivity index (χ2n) is 4.20. The number of hydrogen-bond acceptors (Lipinski definition) is 3. The van der Waals surface area contributed by atoms with Gasteiger partial charge in [-0.25, -0.2) is 4.79 Å². The fraction of sp³-hybridized carbons (Fsp3) is 0.125. The van der Waals surface area contributed by atoms with E-state index in [9.17, 15) is 9.59 Å². The van der Waals surface area contributed by atoms with Crippen LogP contribution in [0.2, 0.25) is 5.02 Å². The smallest absolute Gasteiger partial charge is 0.341 e. The highest BCUT2D eigenvalue weighted by Gasteiger charge is 2.16. The fourth-order valence-corrected chi connectivity index (χ4v) is 2.19. The summed E-state index contributed by atoms with van der Waals surface area (Å²) in [4.78, 5) is 22.0. The van der Waals surface area contributed by atoms with Crippen LogP contribution in [0.25, 0.3) is 0 Å². The van der Waals surface area contributed by atoms with Gasteiger partial charge < -0.3 is 9.84 Å². The number of ether oxygens (including phenoxy) is 1. The maximum Gasteiger partial charge on any atom is 0.341 e. The van der Waals surface area contributed by atoms with E-state index in [2.05, 4.69) is 15.9 Å². The highest BCUT2D eigenvalue weighted by molar-refractivity contribution is 9.10. The molecule has 0 aliphatic heterocycles. The van der Waals surface area contributed by atoms with Crippen LogP contribution in [0, 0.1) is 0 Å². The molecule has 2 aromatic carbocycles. The summed E-state index contributed by atoms with van der Waals surface area (Å²) in [5, 5.41) is 9.23. The number of carbonyl (C=O) groups is 2. The van der Waals surface area contributed by atoms with Gasteiger partial charge in [-0.1, -0.05) is 33.6 Å². The number of carboxylic acid groups (broad SMARTS) is 1. The van der Waals surface area contributed by atoms with Gasteiger partial charge in [0.2, 0.25) is 0 Å². The Morgan fingerprint density at radius 2 is 1.88 bits per heavy atom. The first-order valence-corrected chi connectivity index (χ1v) is 8.74. The molecule has 4 nitrogen and oxygen atoms in total. The minimum atomic E-state index is -1.18. The highest BCUT2D eigenvalue weighted by Crippen LogP contribution is 2.31. The zero-order valence-electron chi connectivity index (χ0n) is 12.1. The van der Waals surface area contributed by atoms with E-state index >= 15 is 0 Å². The van der Waals surface area contributed by atoms with Crippen LogP contribution in [0.1, 0.15) is 20.7 Å². The third kappa shape index (κ3) is 5.98. The molecule has 8 heteroatoms. The van der Waals surface area contributed by atoms with E-state index in [-0.39, 0.29) is 16.3 Å². The van der Waals surface area contributed by atoms with Crippen LogP contribution in [0.15, 0.2) is 40.9 Å². The minimum absolute atomic E-state index is 0.0859. The van der Waals surface area contributed by atoms with Crippen molar-refractivity contribution >= 4 is 63.0 Å². The molecule has 0 aliphatic carbocycles. The van der Waals surface area contributed by atoms with Crippen LogP contribution in [0.3, 0.4) is 0 Å². The van der Waals surface area contributed by atoms with Gasteiger partial charge in [0.05, 0.1) is 5.02 Å². The topological polar surface area (TPSA) is 63.6 Å². The first-order valence-electron chi connectivity index (χ1n) is 6.50. The van der Waals surface area contributed by atoms with E-state index in [1.165, 1.54) is 18.2 Å². The summed E-state index contributed by atoms with van der Waals surface area (Å²) >= 11 is 19.2. The van der Waals surface area contributed by atoms with Crippen molar-refractivity contribution in [3.8, 4) is 11.5 Å². The van der Waals surface area contributed by atoms with E-state index in [1.54, 1.807) is 18.2 Å². The first-order chi connectivity index (χ1) is 11.4. The Kier molecular flexibility index (Phi) is 9.14. The third-order valence-electron chi connectivity index (χ3n) is 2.58. The molecule has 0 bridgehead atoms. The monoisotopic (exact) mass is 452 g/mol. The SMILES string of the molecule is ClCCCl.O=Cc1cc(Oc2cccc(Cl)c2C(=O)O)ccc1Br. The van der Waals surface area contributed by atoms with Crippen LogP contribution in [0.5, 0.6) is 11.5 Å². The van der Waals surface area contributed by atoms with Gasteiger partial charge in [0.15, 0.2) is 6.29 Å². The Bertz CT molecular complexity index is 720. The number of aldehydes is 1. The molecule has 0 fully saturated rings. The second kappa shape index (κ2) is 10.6. The molecule has 0 atom stereocenters. The lowest BCUT2D eigenvalue weighted by molar-refractivity contribution is 0.0694. The molecule has 2 aromatic rings. The van der Waals surface area contributed by atoms with E-state index in [0.717, 1.165) is 0 Å². The van der Waals surface area contributed by atoms with E-state index in [0.29, 0.717) is 33.8 Å². The summed E-state index contributed by atoms with van der Waals surface area (Å²) in [5.41, 5.74) is 0.283. The molecule has 0 saturated heterocycles. The Hall–Kier alpha value is -1.27. The number of benzene rings is 2. The van der Waals surface area contributed by atoms with Gasteiger partial charge in [0, 0.05) is 21.8 Å². The molecule has 0 unspecified atom stereocenters. The number of rotatable bonds is 5. The summed E-state index contributed by atoms with van der Waals surface area (Å²) in [5.74, 6) is 0.394. The summed E-state index contributed by atoms with van der Waals surface area (Å²) < 4.78 is 6.13. The molecule has 1 N–H and O–H groups in total. The van der Waals surface area contributed by atoms with Crippen LogP contribution in [0.4, 0.5) is 0 Å². The lowest BCUT2D eigenvalue weighted by atomic mass is 10.2. The maximum atomic E-state index is 11.2. The highest BCUT2D eigenvalue weighted by atomic mass is 79.9. The van der Waals surface area contributed by atoms with Gasteiger partial charge in [0.1, 0.15) is 17.1 Å². The lowest BCUT2D eigenvalue weighted by Crippen LogP contribution is -2.01. The minimum Gasteiger partial charge on any atom is -0.478 e.